The van der Waals surface area contributed by atoms with E-state index in [1.807, 2.05) is 0 Å². The normalized spacial score (nSPS) is 10.5. The van der Waals surface area contributed by atoms with Gasteiger partial charge in [-0.15, -0.1) is 0 Å². The number of ether oxygens (including phenoxy) is 1. The molecule has 2 N–H and O–H groups in total. The molecule has 10 heteroatoms. The summed E-state index contributed by atoms with van der Waals surface area (Å²) in [5, 5.41) is 17.0. The highest BCUT2D eigenvalue weighted by atomic mass is 19.1. The molecule has 0 atom stereocenters. The van der Waals surface area contributed by atoms with Gasteiger partial charge >= 0.3 is 0 Å². The van der Waals surface area contributed by atoms with Crippen LogP contribution in [0, 0.1) is 15.9 Å². The molecule has 0 fully saturated rings. The summed E-state index contributed by atoms with van der Waals surface area (Å²) in [6.07, 6.45) is 1.38. The number of hydrogen-bond donors (Lipinski definition) is 2. The Morgan fingerprint density at radius 3 is 2.53 bits per heavy atom. The number of halogens is 1. The Labute approximate surface area is 181 Å². The molecule has 0 aromatic heterocycles. The van der Waals surface area contributed by atoms with Gasteiger partial charge in [0, 0.05) is 17.7 Å². The van der Waals surface area contributed by atoms with Crippen LogP contribution < -0.4 is 15.5 Å². The summed E-state index contributed by atoms with van der Waals surface area (Å²) in [6, 6.07) is 17.6. The molecule has 0 radical (unpaired) electrons. The molecule has 2 amide bonds. The Kier molecular flexibility index (Phi) is 7.20. The van der Waals surface area contributed by atoms with Crippen LogP contribution in [0.5, 0.6) is 5.75 Å². The maximum Gasteiger partial charge on any atom is 0.271 e. The van der Waals surface area contributed by atoms with E-state index in [0.29, 0.717) is 11.3 Å². The van der Waals surface area contributed by atoms with Gasteiger partial charge in [0.05, 0.1) is 16.8 Å². The van der Waals surface area contributed by atoms with E-state index in [0.717, 1.165) is 6.07 Å². The number of hydrogen-bond acceptors (Lipinski definition) is 6. The molecular weight excluding hydrogens is 419 g/mol. The number of non-ortho nitro benzene ring substituents is 1. The van der Waals surface area contributed by atoms with Gasteiger partial charge < -0.3 is 10.1 Å². The van der Waals surface area contributed by atoms with Crippen molar-refractivity contribution >= 4 is 29.4 Å². The molecule has 162 valence electrons. The number of rotatable bonds is 8. The van der Waals surface area contributed by atoms with Gasteiger partial charge in [0.15, 0.2) is 6.61 Å². The second-order valence-corrected chi connectivity index (χ2v) is 6.39. The molecule has 0 saturated carbocycles. The van der Waals surface area contributed by atoms with E-state index in [9.17, 15) is 24.1 Å². The van der Waals surface area contributed by atoms with Crippen molar-refractivity contribution < 1.29 is 23.6 Å². The third kappa shape index (κ3) is 6.20. The minimum atomic E-state index is -0.592. The van der Waals surface area contributed by atoms with Gasteiger partial charge in [-0.25, -0.2) is 9.82 Å². The number of amides is 2. The molecule has 32 heavy (non-hydrogen) atoms. The largest absolute Gasteiger partial charge is 0.484 e. The minimum absolute atomic E-state index is 0.0693. The van der Waals surface area contributed by atoms with Crippen molar-refractivity contribution in [3.05, 3.63) is 99.9 Å². The van der Waals surface area contributed by atoms with Crippen molar-refractivity contribution in [1.82, 2.24) is 5.43 Å². The van der Waals surface area contributed by atoms with Crippen LogP contribution in [0.3, 0.4) is 0 Å². The lowest BCUT2D eigenvalue weighted by Gasteiger charge is -2.08. The van der Waals surface area contributed by atoms with E-state index in [2.05, 4.69) is 15.8 Å². The first kappa shape index (κ1) is 22.1. The predicted octanol–water partition coefficient (Wildman–Crippen LogP) is 3.52. The lowest BCUT2D eigenvalue weighted by Crippen LogP contribution is -2.20. The van der Waals surface area contributed by atoms with Crippen LogP contribution in [0.15, 0.2) is 77.9 Å². The second kappa shape index (κ2) is 10.4. The summed E-state index contributed by atoms with van der Waals surface area (Å²) in [5.41, 5.74) is 2.90. The van der Waals surface area contributed by atoms with Gasteiger partial charge in [-0.05, 0) is 48.0 Å². The Morgan fingerprint density at radius 1 is 1.06 bits per heavy atom. The fourth-order valence-corrected chi connectivity index (χ4v) is 2.54. The standard InChI is InChI=1S/C22H17FN4O5/c23-19-6-1-2-7-20(19)25-21(28)14-32-18-10-8-15(9-11-18)13-24-26-22(29)16-4-3-5-17(12-16)27(30)31/h1-13H,14H2,(H,25,28)(H,26,29). The van der Waals surface area contributed by atoms with Crippen molar-refractivity contribution in [1.29, 1.82) is 0 Å². The van der Waals surface area contributed by atoms with Crippen molar-refractivity contribution in [2.45, 2.75) is 0 Å². The molecule has 0 aliphatic rings. The lowest BCUT2D eigenvalue weighted by atomic mass is 10.2. The monoisotopic (exact) mass is 436 g/mol. The molecule has 0 aliphatic carbocycles. The van der Waals surface area contributed by atoms with E-state index in [1.54, 1.807) is 30.3 Å². The topological polar surface area (TPSA) is 123 Å². The number of hydrazone groups is 1. The number of nitro groups is 1. The zero-order valence-electron chi connectivity index (χ0n) is 16.5. The highest BCUT2D eigenvalue weighted by Crippen LogP contribution is 2.14. The van der Waals surface area contributed by atoms with Gasteiger partial charge in [0.1, 0.15) is 11.6 Å². The van der Waals surface area contributed by atoms with Gasteiger partial charge in [0.2, 0.25) is 0 Å². The van der Waals surface area contributed by atoms with E-state index in [1.165, 1.54) is 42.6 Å². The molecule has 9 nitrogen and oxygen atoms in total. The number of benzene rings is 3. The fourth-order valence-electron chi connectivity index (χ4n) is 2.54. The number of nitrogens with one attached hydrogen (secondary N) is 2. The Bertz CT molecular complexity index is 1160. The lowest BCUT2D eigenvalue weighted by molar-refractivity contribution is -0.384. The summed E-state index contributed by atoms with van der Waals surface area (Å²) in [6.45, 7) is -0.305. The predicted molar refractivity (Wildman–Crippen MR) is 115 cm³/mol. The van der Waals surface area contributed by atoms with Gasteiger partial charge in [0.25, 0.3) is 17.5 Å². The van der Waals surface area contributed by atoms with Crippen LogP contribution in [0.2, 0.25) is 0 Å². The third-order valence-corrected chi connectivity index (χ3v) is 4.10. The first-order chi connectivity index (χ1) is 15.4. The smallest absolute Gasteiger partial charge is 0.271 e. The first-order valence-corrected chi connectivity index (χ1v) is 9.27. The van der Waals surface area contributed by atoms with E-state index in [-0.39, 0.29) is 23.5 Å². The molecule has 3 rings (SSSR count). The van der Waals surface area contributed by atoms with Crippen LogP contribution in [0.1, 0.15) is 15.9 Å². The maximum absolute atomic E-state index is 13.5. The van der Waals surface area contributed by atoms with Gasteiger partial charge in [-0.1, -0.05) is 18.2 Å². The fraction of sp³-hybridized carbons (Fsp3) is 0.0455. The molecule has 0 spiro atoms. The number of anilines is 1. The molecule has 0 unspecified atom stereocenters. The van der Waals surface area contributed by atoms with Crippen molar-refractivity contribution in [3.8, 4) is 5.75 Å². The molecule has 0 heterocycles. The number of para-hydroxylation sites is 1. The summed E-state index contributed by atoms with van der Waals surface area (Å²) in [7, 11) is 0. The quantitative estimate of drug-likeness (QED) is 0.318. The van der Waals surface area contributed by atoms with E-state index >= 15 is 0 Å². The van der Waals surface area contributed by atoms with Crippen LogP contribution in [-0.4, -0.2) is 29.6 Å². The Morgan fingerprint density at radius 2 is 1.81 bits per heavy atom. The summed E-state index contributed by atoms with van der Waals surface area (Å²) < 4.78 is 18.9. The number of nitro benzene ring substituents is 1. The summed E-state index contributed by atoms with van der Waals surface area (Å²) >= 11 is 0. The number of carbonyl (C=O) groups is 2. The third-order valence-electron chi connectivity index (χ3n) is 4.10. The highest BCUT2D eigenvalue weighted by molar-refractivity contribution is 5.95. The van der Waals surface area contributed by atoms with Crippen LogP contribution in [-0.2, 0) is 4.79 Å². The molecule has 0 saturated heterocycles. The summed E-state index contributed by atoms with van der Waals surface area (Å²) in [5.74, 6) is -1.23. The van der Waals surface area contributed by atoms with Gasteiger partial charge in [-0.3, -0.25) is 19.7 Å². The summed E-state index contributed by atoms with van der Waals surface area (Å²) in [4.78, 5) is 34.1. The molecule has 3 aromatic carbocycles. The molecular formula is C22H17FN4O5. The number of carbonyl (C=O) groups excluding carboxylic acids is 2. The zero-order valence-corrected chi connectivity index (χ0v) is 16.5. The second-order valence-electron chi connectivity index (χ2n) is 6.39. The van der Waals surface area contributed by atoms with Crippen molar-refractivity contribution in [2.75, 3.05) is 11.9 Å². The van der Waals surface area contributed by atoms with E-state index in [4.69, 9.17) is 4.74 Å². The Balaban J connectivity index is 1.49. The van der Waals surface area contributed by atoms with Crippen molar-refractivity contribution in [2.24, 2.45) is 5.10 Å². The maximum atomic E-state index is 13.5. The Hall–Kier alpha value is -4.60. The SMILES string of the molecule is O=C(COc1ccc(C=NNC(=O)c2cccc([N+](=O)[O-])c2)cc1)Nc1ccccc1F. The minimum Gasteiger partial charge on any atom is -0.484 e. The van der Waals surface area contributed by atoms with Crippen molar-refractivity contribution in [3.63, 3.8) is 0 Å². The average Bonchev–Trinajstić information content (AvgIpc) is 2.80. The molecule has 3 aromatic rings. The first-order valence-electron chi connectivity index (χ1n) is 9.27. The van der Waals surface area contributed by atoms with Crippen LogP contribution >= 0.6 is 0 Å². The number of nitrogens with zero attached hydrogens (tertiary/aromatic N) is 2. The van der Waals surface area contributed by atoms with Crippen LogP contribution in [0.25, 0.3) is 0 Å². The molecule has 0 aliphatic heterocycles. The average molecular weight is 436 g/mol. The van der Waals surface area contributed by atoms with E-state index < -0.39 is 22.6 Å². The highest BCUT2D eigenvalue weighted by Gasteiger charge is 2.11. The molecule has 0 bridgehead atoms. The zero-order chi connectivity index (χ0) is 22.9. The van der Waals surface area contributed by atoms with Gasteiger partial charge in [-0.2, -0.15) is 5.10 Å². The van der Waals surface area contributed by atoms with Crippen LogP contribution in [0.4, 0.5) is 15.8 Å².